The summed E-state index contributed by atoms with van der Waals surface area (Å²) in [4.78, 5) is 12.4. The molecule has 3 N–H and O–H groups in total. The van der Waals surface area contributed by atoms with Crippen LogP contribution >= 0.6 is 0 Å². The fourth-order valence-electron chi connectivity index (χ4n) is 3.06. The Hall–Kier alpha value is -3.41. The van der Waals surface area contributed by atoms with Crippen LogP contribution in [0.15, 0.2) is 53.6 Å². The fraction of sp³-hybridized carbons (Fsp3) is 0.105. The second kappa shape index (κ2) is 6.24. The normalized spacial score (nSPS) is 12.6. The number of aromatic amines is 1. The Morgan fingerprint density at radius 1 is 1.16 bits per heavy atom. The summed E-state index contributed by atoms with van der Waals surface area (Å²) in [6.07, 6.45) is 3.05. The number of phenolic OH excluding ortho intramolecular Hbond substituents is 1. The lowest BCUT2D eigenvalue weighted by molar-refractivity contribution is 0.0949. The second-order valence-corrected chi connectivity index (χ2v) is 5.84. The average Bonchev–Trinajstić information content (AvgIpc) is 3.08. The smallest absolute Gasteiger partial charge is 0.289 e. The average molecular weight is 332 g/mol. The van der Waals surface area contributed by atoms with Crippen molar-refractivity contribution in [3.8, 4) is 17.0 Å². The second-order valence-electron chi connectivity index (χ2n) is 5.84. The minimum absolute atomic E-state index is 0.107. The molecule has 6 heteroatoms. The van der Waals surface area contributed by atoms with E-state index in [1.165, 1.54) is 11.8 Å². The first kappa shape index (κ1) is 15.1. The molecule has 4 rings (SSSR count). The van der Waals surface area contributed by atoms with Crippen LogP contribution in [0, 0.1) is 0 Å². The maximum Gasteiger partial charge on any atom is 0.289 e. The molecule has 1 heterocycles. The van der Waals surface area contributed by atoms with E-state index in [-0.39, 0.29) is 11.7 Å². The van der Waals surface area contributed by atoms with Crippen LogP contribution < -0.4 is 5.43 Å². The summed E-state index contributed by atoms with van der Waals surface area (Å²) in [7, 11) is 0. The van der Waals surface area contributed by atoms with E-state index in [2.05, 4.69) is 26.8 Å². The molecule has 0 unspecified atom stereocenters. The third-order valence-corrected chi connectivity index (χ3v) is 4.32. The van der Waals surface area contributed by atoms with Crippen LogP contribution in [0.1, 0.15) is 27.2 Å². The number of aryl methyl sites for hydroxylation is 1. The molecule has 1 aromatic heterocycles. The largest absolute Gasteiger partial charge is 0.507 e. The molecule has 1 aliphatic carbocycles. The lowest BCUT2D eigenvalue weighted by atomic mass is 9.89. The Labute approximate surface area is 144 Å². The summed E-state index contributed by atoms with van der Waals surface area (Å²) in [5.41, 5.74) is 7.49. The van der Waals surface area contributed by atoms with Crippen LogP contribution in [-0.2, 0) is 12.8 Å². The van der Waals surface area contributed by atoms with Gasteiger partial charge in [-0.05, 0) is 30.5 Å². The van der Waals surface area contributed by atoms with Gasteiger partial charge >= 0.3 is 0 Å². The Morgan fingerprint density at radius 3 is 2.84 bits per heavy atom. The number of rotatable bonds is 3. The molecule has 0 radical (unpaired) electrons. The third-order valence-electron chi connectivity index (χ3n) is 4.32. The van der Waals surface area contributed by atoms with Gasteiger partial charge in [0.1, 0.15) is 11.4 Å². The summed E-state index contributed by atoms with van der Waals surface area (Å²) in [6, 6.07) is 14.9. The minimum atomic E-state index is -0.347. The Morgan fingerprint density at radius 2 is 1.96 bits per heavy atom. The van der Waals surface area contributed by atoms with Crippen molar-refractivity contribution in [1.29, 1.82) is 0 Å². The topological polar surface area (TPSA) is 90.4 Å². The molecule has 0 aliphatic heterocycles. The van der Waals surface area contributed by atoms with Gasteiger partial charge in [0.2, 0.25) is 0 Å². The molecule has 124 valence electrons. The highest BCUT2D eigenvalue weighted by molar-refractivity contribution is 5.96. The highest BCUT2D eigenvalue weighted by Crippen LogP contribution is 2.33. The highest BCUT2D eigenvalue weighted by atomic mass is 16.3. The number of hydrogen-bond donors (Lipinski definition) is 3. The molecular formula is C19H16N4O2. The van der Waals surface area contributed by atoms with Crippen molar-refractivity contribution in [3.05, 3.63) is 70.9 Å². The van der Waals surface area contributed by atoms with Gasteiger partial charge in [-0.1, -0.05) is 36.4 Å². The van der Waals surface area contributed by atoms with E-state index in [1.807, 2.05) is 18.2 Å². The molecule has 1 aliphatic rings. The van der Waals surface area contributed by atoms with Crippen LogP contribution in [0.3, 0.4) is 0 Å². The Kier molecular flexibility index (Phi) is 3.78. The van der Waals surface area contributed by atoms with E-state index >= 15 is 0 Å². The van der Waals surface area contributed by atoms with Crippen LogP contribution in [0.4, 0.5) is 0 Å². The van der Waals surface area contributed by atoms with Gasteiger partial charge in [0.25, 0.3) is 5.91 Å². The number of nitrogens with zero attached hydrogens (tertiary/aromatic N) is 2. The van der Waals surface area contributed by atoms with Crippen molar-refractivity contribution in [2.75, 3.05) is 0 Å². The zero-order valence-corrected chi connectivity index (χ0v) is 13.4. The number of hydrogen-bond acceptors (Lipinski definition) is 4. The summed E-state index contributed by atoms with van der Waals surface area (Å²) in [5.74, 6) is -0.240. The molecule has 0 spiro atoms. The number of amides is 1. The molecule has 3 aromatic rings. The van der Waals surface area contributed by atoms with Crippen molar-refractivity contribution < 1.29 is 9.90 Å². The monoisotopic (exact) mass is 332 g/mol. The summed E-state index contributed by atoms with van der Waals surface area (Å²) in [5, 5.41) is 20.8. The van der Waals surface area contributed by atoms with E-state index < -0.39 is 0 Å². The quantitative estimate of drug-likeness (QED) is 0.509. The van der Waals surface area contributed by atoms with E-state index in [0.29, 0.717) is 11.3 Å². The molecule has 0 atom stereocenters. The number of aromatic hydroxyl groups is 1. The third kappa shape index (κ3) is 2.78. The number of nitrogens with one attached hydrogen (secondary N) is 2. The highest BCUT2D eigenvalue weighted by Gasteiger charge is 2.24. The predicted octanol–water partition coefficient (Wildman–Crippen LogP) is 2.64. The number of hydrazone groups is 1. The van der Waals surface area contributed by atoms with Crippen molar-refractivity contribution in [3.63, 3.8) is 0 Å². The van der Waals surface area contributed by atoms with Crippen molar-refractivity contribution in [1.82, 2.24) is 15.6 Å². The number of phenols is 1. The fourth-order valence-corrected chi connectivity index (χ4v) is 3.06. The summed E-state index contributed by atoms with van der Waals surface area (Å²) < 4.78 is 0. The van der Waals surface area contributed by atoms with E-state index in [0.717, 1.165) is 29.7 Å². The Balaban J connectivity index is 1.55. The van der Waals surface area contributed by atoms with E-state index in [4.69, 9.17) is 0 Å². The molecule has 0 fully saturated rings. The number of para-hydroxylation sites is 1. The zero-order chi connectivity index (χ0) is 17.2. The van der Waals surface area contributed by atoms with Crippen LogP contribution in [-0.4, -0.2) is 27.4 Å². The van der Waals surface area contributed by atoms with Gasteiger partial charge in [-0.2, -0.15) is 10.2 Å². The molecule has 0 bridgehead atoms. The molecule has 2 aromatic carbocycles. The van der Waals surface area contributed by atoms with Crippen molar-refractivity contribution >= 4 is 12.1 Å². The van der Waals surface area contributed by atoms with E-state index in [1.54, 1.807) is 24.3 Å². The standard InChI is InChI=1S/C19H16N4O2/c24-16-8-4-2-6-13(16)11-20-23-19(25)18-15-10-9-12-5-1-3-7-14(12)17(15)21-22-18/h1-8,11,24H,9-10H2,(H,21,22)(H,23,25). The van der Waals surface area contributed by atoms with Gasteiger partial charge < -0.3 is 5.11 Å². The molecule has 1 amide bonds. The first-order chi connectivity index (χ1) is 12.2. The lowest BCUT2D eigenvalue weighted by Crippen LogP contribution is -2.20. The summed E-state index contributed by atoms with van der Waals surface area (Å²) in [6.45, 7) is 0. The molecule has 0 saturated heterocycles. The molecule has 25 heavy (non-hydrogen) atoms. The van der Waals surface area contributed by atoms with Gasteiger partial charge in [-0.3, -0.25) is 9.89 Å². The number of fused-ring (bicyclic) bond motifs is 3. The van der Waals surface area contributed by atoms with Crippen LogP contribution in [0.5, 0.6) is 5.75 Å². The van der Waals surface area contributed by atoms with Gasteiger partial charge in [0.15, 0.2) is 0 Å². The maximum atomic E-state index is 12.4. The molecule has 0 saturated carbocycles. The number of carbonyl (C=O) groups is 1. The SMILES string of the molecule is O=C(NN=Cc1ccccc1O)c1[nH]nc2c1CCc1ccccc1-2. The predicted molar refractivity (Wildman–Crippen MR) is 94.6 cm³/mol. The zero-order valence-electron chi connectivity index (χ0n) is 13.4. The molecular weight excluding hydrogens is 316 g/mol. The van der Waals surface area contributed by atoms with Gasteiger partial charge in [-0.15, -0.1) is 0 Å². The first-order valence-electron chi connectivity index (χ1n) is 8.01. The number of aromatic nitrogens is 2. The maximum absolute atomic E-state index is 12.4. The number of carbonyl (C=O) groups excluding carboxylic acids is 1. The lowest BCUT2D eigenvalue weighted by Gasteiger charge is -2.15. The van der Waals surface area contributed by atoms with Crippen LogP contribution in [0.25, 0.3) is 11.3 Å². The van der Waals surface area contributed by atoms with Crippen molar-refractivity contribution in [2.24, 2.45) is 5.10 Å². The van der Waals surface area contributed by atoms with Gasteiger partial charge in [-0.25, -0.2) is 5.43 Å². The van der Waals surface area contributed by atoms with E-state index in [9.17, 15) is 9.90 Å². The molecule has 6 nitrogen and oxygen atoms in total. The van der Waals surface area contributed by atoms with Gasteiger partial charge in [0, 0.05) is 16.7 Å². The first-order valence-corrected chi connectivity index (χ1v) is 8.01. The Bertz CT molecular complexity index is 975. The minimum Gasteiger partial charge on any atom is -0.507 e. The number of H-pyrrole nitrogens is 1. The van der Waals surface area contributed by atoms with Gasteiger partial charge in [0.05, 0.1) is 11.9 Å². The van der Waals surface area contributed by atoms with Crippen LogP contribution in [0.2, 0.25) is 0 Å². The number of benzene rings is 2. The summed E-state index contributed by atoms with van der Waals surface area (Å²) >= 11 is 0. The van der Waals surface area contributed by atoms with Crippen molar-refractivity contribution in [2.45, 2.75) is 12.8 Å².